The fourth-order valence-electron chi connectivity index (χ4n) is 1.95. The number of nitrogens with one attached hydrogen (secondary N) is 2. The predicted octanol–water partition coefficient (Wildman–Crippen LogP) is 3.20. The van der Waals surface area contributed by atoms with E-state index in [9.17, 15) is 0 Å². The molecular weight excluding hydrogens is 276 g/mol. The molecule has 0 fully saturated rings. The van der Waals surface area contributed by atoms with Crippen LogP contribution in [0.25, 0.3) is 11.3 Å². The van der Waals surface area contributed by atoms with Gasteiger partial charge in [0.1, 0.15) is 5.69 Å². The minimum atomic E-state index is -0.0416. The quantitative estimate of drug-likeness (QED) is 0.672. The number of guanidine groups is 1. The summed E-state index contributed by atoms with van der Waals surface area (Å²) in [4.78, 5) is 4.55. The van der Waals surface area contributed by atoms with Crippen LogP contribution in [0.15, 0.2) is 45.9 Å². The summed E-state index contributed by atoms with van der Waals surface area (Å²) < 4.78 is 5.38. The van der Waals surface area contributed by atoms with Crippen molar-refractivity contribution >= 4 is 5.96 Å². The number of rotatable bonds is 4. The molecule has 0 saturated carbocycles. The first-order valence-corrected chi connectivity index (χ1v) is 7.55. The van der Waals surface area contributed by atoms with E-state index in [2.05, 4.69) is 41.6 Å². The van der Waals surface area contributed by atoms with Gasteiger partial charge in [0.05, 0.1) is 6.54 Å². The molecule has 0 aliphatic rings. The Morgan fingerprint density at radius 1 is 1.23 bits per heavy atom. The molecule has 0 bridgehead atoms. The van der Waals surface area contributed by atoms with Crippen molar-refractivity contribution in [1.29, 1.82) is 0 Å². The van der Waals surface area contributed by atoms with Gasteiger partial charge in [-0.05, 0) is 27.7 Å². The lowest BCUT2D eigenvalue weighted by atomic mass is 10.1. The first kappa shape index (κ1) is 16.1. The number of benzene rings is 1. The fraction of sp³-hybridized carbons (Fsp3) is 0.412. The van der Waals surface area contributed by atoms with Crippen LogP contribution in [0, 0.1) is 0 Å². The van der Waals surface area contributed by atoms with Gasteiger partial charge in [0.2, 0.25) is 0 Å². The molecule has 0 saturated heterocycles. The molecule has 0 amide bonds. The van der Waals surface area contributed by atoms with Crippen LogP contribution >= 0.6 is 0 Å². The highest BCUT2D eigenvalue weighted by molar-refractivity contribution is 5.80. The summed E-state index contributed by atoms with van der Waals surface area (Å²) >= 11 is 0. The van der Waals surface area contributed by atoms with Crippen molar-refractivity contribution in [2.24, 2.45) is 4.99 Å². The lowest BCUT2D eigenvalue weighted by molar-refractivity contribution is 0.423. The van der Waals surface area contributed by atoms with Gasteiger partial charge in [0, 0.05) is 23.7 Å². The summed E-state index contributed by atoms with van der Waals surface area (Å²) in [6, 6.07) is 11.9. The normalized spacial score (nSPS) is 12.3. The lowest BCUT2D eigenvalue weighted by Gasteiger charge is -2.23. The van der Waals surface area contributed by atoms with Crippen LogP contribution in [0.3, 0.4) is 0 Å². The number of nitrogens with zero attached hydrogens (tertiary/aromatic N) is 2. The number of aliphatic imine (C=N–C) groups is 1. The Morgan fingerprint density at radius 3 is 2.59 bits per heavy atom. The highest BCUT2D eigenvalue weighted by Gasteiger charge is 2.12. The highest BCUT2D eigenvalue weighted by atomic mass is 16.5. The monoisotopic (exact) mass is 300 g/mol. The molecule has 5 heteroatoms. The van der Waals surface area contributed by atoms with Gasteiger partial charge in [0.25, 0.3) is 0 Å². The average molecular weight is 300 g/mol. The van der Waals surface area contributed by atoms with Gasteiger partial charge in [-0.1, -0.05) is 35.5 Å². The molecule has 0 spiro atoms. The molecule has 118 valence electrons. The van der Waals surface area contributed by atoms with Gasteiger partial charge in [-0.25, -0.2) is 4.99 Å². The largest absolute Gasteiger partial charge is 0.357 e. The van der Waals surface area contributed by atoms with Gasteiger partial charge in [-0.15, -0.1) is 0 Å². The number of hydrogen-bond donors (Lipinski definition) is 2. The van der Waals surface area contributed by atoms with Crippen molar-refractivity contribution in [1.82, 2.24) is 15.8 Å². The molecule has 5 nitrogen and oxygen atoms in total. The zero-order chi connectivity index (χ0) is 16.0. The fourth-order valence-corrected chi connectivity index (χ4v) is 1.95. The molecule has 1 aromatic heterocycles. The Hall–Kier alpha value is -2.30. The minimum absolute atomic E-state index is 0.0416. The van der Waals surface area contributed by atoms with Crippen LogP contribution in [-0.2, 0) is 6.54 Å². The lowest BCUT2D eigenvalue weighted by Crippen LogP contribution is -2.47. The predicted molar refractivity (Wildman–Crippen MR) is 89.6 cm³/mol. The first-order valence-electron chi connectivity index (χ1n) is 7.55. The van der Waals surface area contributed by atoms with Gasteiger partial charge in [0.15, 0.2) is 11.7 Å². The molecular formula is C17H24N4O. The average Bonchev–Trinajstić information content (AvgIpc) is 2.93. The Morgan fingerprint density at radius 2 is 1.95 bits per heavy atom. The molecule has 22 heavy (non-hydrogen) atoms. The van der Waals surface area contributed by atoms with Crippen LogP contribution in [0.4, 0.5) is 0 Å². The van der Waals surface area contributed by atoms with Gasteiger partial charge in [-0.3, -0.25) is 0 Å². The summed E-state index contributed by atoms with van der Waals surface area (Å²) in [6.45, 7) is 9.64. The maximum absolute atomic E-state index is 5.38. The van der Waals surface area contributed by atoms with E-state index in [0.29, 0.717) is 6.54 Å². The Labute approximate surface area is 131 Å². The second-order valence-corrected chi connectivity index (χ2v) is 6.12. The van der Waals surface area contributed by atoms with Crippen molar-refractivity contribution < 1.29 is 4.52 Å². The third-order valence-electron chi connectivity index (χ3n) is 2.85. The standard InChI is InChI=1S/C17H24N4O/c1-5-18-16(20-17(2,3)4)19-12-14-11-15(22-21-14)13-9-7-6-8-10-13/h6-11H,5,12H2,1-4H3,(H2,18,19,20). The Balaban J connectivity index is 2.06. The van der Waals surface area contributed by atoms with E-state index < -0.39 is 0 Å². The van der Waals surface area contributed by atoms with Crippen molar-refractivity contribution in [2.45, 2.75) is 39.8 Å². The van der Waals surface area contributed by atoms with E-state index in [0.717, 1.165) is 29.5 Å². The van der Waals surface area contributed by atoms with Crippen LogP contribution < -0.4 is 10.6 Å². The summed E-state index contributed by atoms with van der Waals surface area (Å²) in [7, 11) is 0. The van der Waals surface area contributed by atoms with Crippen LogP contribution in [0.5, 0.6) is 0 Å². The SMILES string of the molecule is CCNC(=NCc1cc(-c2ccccc2)on1)NC(C)(C)C. The van der Waals surface area contributed by atoms with Crippen LogP contribution in [-0.4, -0.2) is 23.2 Å². The van der Waals surface area contributed by atoms with E-state index >= 15 is 0 Å². The molecule has 0 radical (unpaired) electrons. The van der Waals surface area contributed by atoms with E-state index in [1.165, 1.54) is 0 Å². The number of hydrogen-bond acceptors (Lipinski definition) is 3. The van der Waals surface area contributed by atoms with Crippen molar-refractivity contribution in [2.75, 3.05) is 6.54 Å². The zero-order valence-corrected chi connectivity index (χ0v) is 13.7. The second-order valence-electron chi connectivity index (χ2n) is 6.12. The maximum atomic E-state index is 5.38. The van der Waals surface area contributed by atoms with Gasteiger partial charge >= 0.3 is 0 Å². The Bertz CT molecular complexity index is 611. The molecule has 1 aromatic carbocycles. The van der Waals surface area contributed by atoms with Crippen LogP contribution in [0.2, 0.25) is 0 Å². The smallest absolute Gasteiger partial charge is 0.192 e. The van der Waals surface area contributed by atoms with E-state index in [-0.39, 0.29) is 5.54 Å². The first-order chi connectivity index (χ1) is 10.5. The van der Waals surface area contributed by atoms with Gasteiger partial charge < -0.3 is 15.2 Å². The molecule has 2 aromatic rings. The summed E-state index contributed by atoms with van der Waals surface area (Å²) in [6.07, 6.45) is 0. The molecule has 0 unspecified atom stereocenters. The summed E-state index contributed by atoms with van der Waals surface area (Å²) in [5.74, 6) is 1.54. The highest BCUT2D eigenvalue weighted by Crippen LogP contribution is 2.19. The second kappa shape index (κ2) is 7.11. The third-order valence-corrected chi connectivity index (χ3v) is 2.85. The molecule has 2 rings (SSSR count). The molecule has 2 N–H and O–H groups in total. The van der Waals surface area contributed by atoms with E-state index in [4.69, 9.17) is 4.52 Å². The zero-order valence-electron chi connectivity index (χ0n) is 13.7. The topological polar surface area (TPSA) is 62.5 Å². The van der Waals surface area contributed by atoms with Gasteiger partial charge in [-0.2, -0.15) is 0 Å². The van der Waals surface area contributed by atoms with Crippen molar-refractivity contribution in [3.05, 3.63) is 42.1 Å². The number of aromatic nitrogens is 1. The molecule has 0 aliphatic carbocycles. The van der Waals surface area contributed by atoms with Crippen molar-refractivity contribution in [3.63, 3.8) is 0 Å². The van der Waals surface area contributed by atoms with Crippen molar-refractivity contribution in [3.8, 4) is 11.3 Å². The Kier molecular flexibility index (Phi) is 5.20. The summed E-state index contributed by atoms with van der Waals surface area (Å²) in [5, 5.41) is 10.7. The summed E-state index contributed by atoms with van der Waals surface area (Å²) in [5.41, 5.74) is 1.79. The third kappa shape index (κ3) is 4.91. The minimum Gasteiger partial charge on any atom is -0.357 e. The molecule has 0 aliphatic heterocycles. The maximum Gasteiger partial charge on any atom is 0.192 e. The van der Waals surface area contributed by atoms with Crippen LogP contribution in [0.1, 0.15) is 33.4 Å². The van der Waals surface area contributed by atoms with E-state index in [1.807, 2.05) is 43.3 Å². The molecule has 0 atom stereocenters. The van der Waals surface area contributed by atoms with E-state index in [1.54, 1.807) is 0 Å². The molecule has 1 heterocycles.